The molecule has 2 N–H and O–H groups in total. The summed E-state index contributed by atoms with van der Waals surface area (Å²) in [4.78, 5) is 7.44. The molecular weight excluding hydrogens is 250 g/mol. The molecule has 2 rings (SSSR count). The molecular formula is C12H17N3O2S. The zero-order chi connectivity index (χ0) is 13.3. The summed E-state index contributed by atoms with van der Waals surface area (Å²) in [7, 11) is -3.25. The number of imidazole rings is 1. The second kappa shape index (κ2) is 4.70. The van der Waals surface area contributed by atoms with Crippen LogP contribution in [0.2, 0.25) is 0 Å². The molecule has 1 aromatic carbocycles. The van der Waals surface area contributed by atoms with Gasteiger partial charge in [-0.2, -0.15) is 0 Å². The third-order valence-corrected chi connectivity index (χ3v) is 4.54. The Morgan fingerprint density at radius 1 is 1.39 bits per heavy atom. The fourth-order valence-corrected chi connectivity index (χ4v) is 2.27. The highest BCUT2D eigenvalue weighted by atomic mass is 32.2. The molecule has 0 aliphatic rings. The highest BCUT2D eigenvalue weighted by Crippen LogP contribution is 2.13. The topological polar surface area (TPSA) is 74.8 Å². The molecule has 1 heterocycles. The van der Waals surface area contributed by atoms with Crippen LogP contribution in [-0.2, 0) is 16.6 Å². The molecule has 98 valence electrons. The van der Waals surface area contributed by atoms with Gasteiger partial charge >= 0.3 is 0 Å². The van der Waals surface area contributed by atoms with E-state index in [1.165, 1.54) is 0 Å². The number of rotatable bonds is 4. The first-order valence-corrected chi connectivity index (χ1v) is 7.37. The number of aromatic amines is 1. The van der Waals surface area contributed by atoms with Crippen molar-refractivity contribution in [3.63, 3.8) is 0 Å². The maximum atomic E-state index is 11.6. The first-order valence-electron chi connectivity index (χ1n) is 5.82. The Morgan fingerprint density at radius 3 is 2.78 bits per heavy atom. The van der Waals surface area contributed by atoms with Crippen molar-refractivity contribution in [3.8, 4) is 0 Å². The third kappa shape index (κ3) is 2.70. The Morgan fingerprint density at radius 2 is 2.11 bits per heavy atom. The molecule has 0 bridgehead atoms. The van der Waals surface area contributed by atoms with Crippen LogP contribution < -0.4 is 4.72 Å². The van der Waals surface area contributed by atoms with Crippen LogP contribution in [0.5, 0.6) is 0 Å². The summed E-state index contributed by atoms with van der Waals surface area (Å²) in [5, 5.41) is -0.441. The normalized spacial score (nSPS) is 12.4. The van der Waals surface area contributed by atoms with Crippen molar-refractivity contribution in [2.75, 3.05) is 0 Å². The van der Waals surface area contributed by atoms with E-state index in [0.29, 0.717) is 5.82 Å². The number of aryl methyl sites for hydroxylation is 1. The van der Waals surface area contributed by atoms with Crippen LogP contribution in [0, 0.1) is 6.92 Å². The summed E-state index contributed by atoms with van der Waals surface area (Å²) < 4.78 is 25.8. The van der Waals surface area contributed by atoms with E-state index < -0.39 is 15.3 Å². The van der Waals surface area contributed by atoms with E-state index in [1.54, 1.807) is 13.8 Å². The number of sulfonamides is 1. The summed E-state index contributed by atoms with van der Waals surface area (Å²) >= 11 is 0. The number of hydrogen-bond donors (Lipinski definition) is 2. The minimum Gasteiger partial charge on any atom is -0.341 e. The maximum absolute atomic E-state index is 11.6. The minimum absolute atomic E-state index is 0.189. The highest BCUT2D eigenvalue weighted by molar-refractivity contribution is 7.90. The summed E-state index contributed by atoms with van der Waals surface area (Å²) in [6.45, 7) is 5.48. The number of nitrogens with one attached hydrogen (secondary N) is 2. The lowest BCUT2D eigenvalue weighted by molar-refractivity contribution is 0.570. The Hall–Kier alpha value is -1.40. The van der Waals surface area contributed by atoms with Crippen molar-refractivity contribution < 1.29 is 8.42 Å². The quantitative estimate of drug-likeness (QED) is 0.885. The lowest BCUT2D eigenvalue weighted by Gasteiger charge is -2.07. The molecule has 0 fully saturated rings. The number of nitrogens with zero attached hydrogens (tertiary/aromatic N) is 1. The van der Waals surface area contributed by atoms with Crippen LogP contribution in [0.15, 0.2) is 18.2 Å². The van der Waals surface area contributed by atoms with Crippen LogP contribution in [0.1, 0.15) is 25.2 Å². The smallest absolute Gasteiger partial charge is 0.214 e. The second-order valence-corrected chi connectivity index (χ2v) is 6.94. The zero-order valence-corrected chi connectivity index (χ0v) is 11.5. The summed E-state index contributed by atoms with van der Waals surface area (Å²) in [5.41, 5.74) is 2.91. The zero-order valence-electron chi connectivity index (χ0n) is 10.7. The first-order chi connectivity index (χ1) is 8.38. The Bertz CT molecular complexity index is 659. The van der Waals surface area contributed by atoms with E-state index in [0.717, 1.165) is 16.6 Å². The molecule has 0 atom stereocenters. The third-order valence-electron chi connectivity index (χ3n) is 2.75. The van der Waals surface area contributed by atoms with Crippen molar-refractivity contribution in [3.05, 3.63) is 29.6 Å². The Kier molecular flexibility index (Phi) is 3.41. The number of benzene rings is 1. The predicted molar refractivity (Wildman–Crippen MR) is 71.7 cm³/mol. The van der Waals surface area contributed by atoms with E-state index in [-0.39, 0.29) is 6.54 Å². The van der Waals surface area contributed by atoms with Crippen LogP contribution in [0.4, 0.5) is 0 Å². The second-order valence-electron chi connectivity index (χ2n) is 4.62. The first kappa shape index (κ1) is 13.0. The van der Waals surface area contributed by atoms with Gasteiger partial charge in [0.1, 0.15) is 5.82 Å². The average Bonchev–Trinajstić information content (AvgIpc) is 2.68. The van der Waals surface area contributed by atoms with E-state index in [4.69, 9.17) is 0 Å². The summed E-state index contributed by atoms with van der Waals surface area (Å²) in [5.74, 6) is 0.625. The molecule has 0 radical (unpaired) electrons. The Labute approximate surface area is 107 Å². The van der Waals surface area contributed by atoms with Crippen molar-refractivity contribution >= 4 is 21.1 Å². The molecule has 0 saturated heterocycles. The van der Waals surface area contributed by atoms with Gasteiger partial charge in [0.15, 0.2) is 0 Å². The molecule has 0 aliphatic heterocycles. The Balaban J connectivity index is 2.18. The standard InChI is InChI=1S/C12H17N3O2S/c1-8(2)18(16,17)13-7-12-14-10-5-4-9(3)6-11(10)15-12/h4-6,8,13H,7H2,1-3H3,(H,14,15). The van der Waals surface area contributed by atoms with E-state index in [9.17, 15) is 8.42 Å². The number of hydrogen-bond acceptors (Lipinski definition) is 3. The molecule has 18 heavy (non-hydrogen) atoms. The largest absolute Gasteiger partial charge is 0.341 e. The van der Waals surface area contributed by atoms with Gasteiger partial charge in [-0.1, -0.05) is 6.07 Å². The fraction of sp³-hybridized carbons (Fsp3) is 0.417. The average molecular weight is 267 g/mol. The van der Waals surface area contributed by atoms with Crippen LogP contribution >= 0.6 is 0 Å². The van der Waals surface area contributed by atoms with Crippen LogP contribution in [-0.4, -0.2) is 23.6 Å². The van der Waals surface area contributed by atoms with Crippen molar-refractivity contribution in [2.24, 2.45) is 0 Å². The molecule has 0 unspecified atom stereocenters. The fourth-order valence-electron chi connectivity index (χ4n) is 1.60. The van der Waals surface area contributed by atoms with Gasteiger partial charge in [-0.3, -0.25) is 0 Å². The van der Waals surface area contributed by atoms with Crippen molar-refractivity contribution in [1.82, 2.24) is 14.7 Å². The lowest BCUT2D eigenvalue weighted by Crippen LogP contribution is -2.30. The van der Waals surface area contributed by atoms with Crippen molar-refractivity contribution in [2.45, 2.75) is 32.6 Å². The molecule has 0 aliphatic carbocycles. The minimum atomic E-state index is -3.25. The highest BCUT2D eigenvalue weighted by Gasteiger charge is 2.15. The molecule has 0 saturated carbocycles. The number of H-pyrrole nitrogens is 1. The van der Waals surface area contributed by atoms with Gasteiger partial charge in [0.2, 0.25) is 10.0 Å². The molecule has 0 spiro atoms. The monoisotopic (exact) mass is 267 g/mol. The van der Waals surface area contributed by atoms with Gasteiger partial charge in [0, 0.05) is 0 Å². The van der Waals surface area contributed by atoms with Gasteiger partial charge < -0.3 is 4.98 Å². The SMILES string of the molecule is Cc1ccc2nc(CNS(=O)(=O)C(C)C)[nH]c2c1. The summed E-state index contributed by atoms with van der Waals surface area (Å²) in [6.07, 6.45) is 0. The lowest BCUT2D eigenvalue weighted by atomic mass is 10.2. The number of fused-ring (bicyclic) bond motifs is 1. The van der Waals surface area contributed by atoms with E-state index in [2.05, 4.69) is 14.7 Å². The van der Waals surface area contributed by atoms with Gasteiger partial charge in [-0.05, 0) is 38.5 Å². The molecule has 2 aromatic rings. The maximum Gasteiger partial charge on any atom is 0.214 e. The molecule has 5 nitrogen and oxygen atoms in total. The van der Waals surface area contributed by atoms with Crippen LogP contribution in [0.3, 0.4) is 0 Å². The van der Waals surface area contributed by atoms with E-state index in [1.807, 2.05) is 25.1 Å². The van der Waals surface area contributed by atoms with E-state index >= 15 is 0 Å². The predicted octanol–water partition coefficient (Wildman–Crippen LogP) is 1.70. The van der Waals surface area contributed by atoms with Gasteiger partial charge in [0.25, 0.3) is 0 Å². The number of aromatic nitrogens is 2. The molecule has 0 amide bonds. The van der Waals surface area contributed by atoms with Gasteiger partial charge in [0.05, 0.1) is 22.8 Å². The molecule has 6 heteroatoms. The van der Waals surface area contributed by atoms with Gasteiger partial charge in [-0.15, -0.1) is 0 Å². The van der Waals surface area contributed by atoms with Crippen LogP contribution in [0.25, 0.3) is 11.0 Å². The summed E-state index contributed by atoms with van der Waals surface area (Å²) in [6, 6.07) is 5.88. The van der Waals surface area contributed by atoms with Gasteiger partial charge in [-0.25, -0.2) is 18.1 Å². The van der Waals surface area contributed by atoms with Crippen molar-refractivity contribution in [1.29, 1.82) is 0 Å². The molecule has 1 aromatic heterocycles.